The van der Waals surface area contributed by atoms with Crippen LogP contribution >= 0.6 is 0 Å². The van der Waals surface area contributed by atoms with Gasteiger partial charge in [-0.2, -0.15) is 0 Å². The Morgan fingerprint density at radius 3 is 2.06 bits per heavy atom. The molecular weight excluding hydrogens is 202 g/mol. The van der Waals surface area contributed by atoms with Gasteiger partial charge >= 0.3 is 0 Å². The van der Waals surface area contributed by atoms with Gasteiger partial charge in [-0.05, 0) is 32.9 Å². The lowest BCUT2D eigenvalue weighted by Crippen LogP contribution is -2.50. The molecule has 0 N–H and O–H groups in total. The Balaban J connectivity index is 3.34. The number of quaternary nitrogens is 1. The largest absolute Gasteiger partial charge is 0.545 e. The molecule has 0 atom stereocenters. The molecule has 16 heavy (non-hydrogen) atoms. The number of rotatable bonds is 5. The first-order valence-corrected chi connectivity index (χ1v) is 5.78. The monoisotopic (exact) mass is 221 g/mol. The van der Waals surface area contributed by atoms with Crippen LogP contribution in [-0.2, 0) is 0 Å². The molecule has 0 unspecified atom stereocenters. The predicted molar refractivity (Wildman–Crippen MR) is 64.2 cm³/mol. The maximum absolute atomic E-state index is 11.1. The summed E-state index contributed by atoms with van der Waals surface area (Å²) in [5, 5.41) is 11.1. The summed E-state index contributed by atoms with van der Waals surface area (Å²) in [5.74, 6) is -1.09. The van der Waals surface area contributed by atoms with E-state index in [4.69, 9.17) is 0 Å². The van der Waals surface area contributed by atoms with Gasteiger partial charge in [-0.15, -0.1) is 0 Å². The molecule has 0 aliphatic rings. The number of hydrogen-bond donors (Lipinski definition) is 0. The van der Waals surface area contributed by atoms with Crippen molar-refractivity contribution in [3.8, 4) is 0 Å². The van der Waals surface area contributed by atoms with Gasteiger partial charge in [0.2, 0.25) is 0 Å². The van der Waals surface area contributed by atoms with Gasteiger partial charge in [-0.1, -0.05) is 12.1 Å². The second-order valence-electron chi connectivity index (χ2n) is 3.90. The molecule has 0 saturated carbocycles. The van der Waals surface area contributed by atoms with Crippen molar-refractivity contribution in [2.24, 2.45) is 0 Å². The minimum atomic E-state index is -1.09. The fourth-order valence-corrected chi connectivity index (χ4v) is 2.24. The van der Waals surface area contributed by atoms with Crippen molar-refractivity contribution < 1.29 is 9.90 Å². The van der Waals surface area contributed by atoms with Crippen LogP contribution in [0.1, 0.15) is 31.1 Å². The number of carboxylic acid groups (broad SMARTS) is 1. The standard InChI is InChI=1S/C13H19NO2/c1-4-14(5-2,6-3)12-10-8-7-9-11(12)13(15)16/h7-10H,4-6H2,1-3H3. The summed E-state index contributed by atoms with van der Waals surface area (Å²) < 4.78 is 0.685. The highest BCUT2D eigenvalue weighted by Gasteiger charge is 2.27. The van der Waals surface area contributed by atoms with E-state index >= 15 is 0 Å². The maximum atomic E-state index is 11.1. The quantitative estimate of drug-likeness (QED) is 0.705. The summed E-state index contributed by atoms with van der Waals surface area (Å²) in [6.45, 7) is 8.91. The van der Waals surface area contributed by atoms with Crippen molar-refractivity contribution in [3.05, 3.63) is 29.8 Å². The summed E-state index contributed by atoms with van der Waals surface area (Å²) in [6.07, 6.45) is 0. The zero-order chi connectivity index (χ0) is 12.2. The molecule has 0 fully saturated rings. The second kappa shape index (κ2) is 5.12. The molecule has 0 radical (unpaired) electrons. The van der Waals surface area contributed by atoms with E-state index in [9.17, 15) is 9.90 Å². The Morgan fingerprint density at radius 2 is 1.62 bits per heavy atom. The van der Waals surface area contributed by atoms with Crippen molar-refractivity contribution in [2.45, 2.75) is 20.8 Å². The molecule has 1 aromatic rings. The average molecular weight is 221 g/mol. The number of carbonyl (C=O) groups excluding carboxylic acids is 1. The highest BCUT2D eigenvalue weighted by molar-refractivity contribution is 5.92. The first-order chi connectivity index (χ1) is 7.61. The number of carboxylic acids is 1. The fourth-order valence-electron chi connectivity index (χ4n) is 2.24. The van der Waals surface area contributed by atoms with E-state index in [1.165, 1.54) is 0 Å². The van der Waals surface area contributed by atoms with Crippen molar-refractivity contribution in [2.75, 3.05) is 19.6 Å². The lowest BCUT2D eigenvalue weighted by molar-refractivity contribution is -0.255. The van der Waals surface area contributed by atoms with Gasteiger partial charge in [0.25, 0.3) is 0 Å². The lowest BCUT2D eigenvalue weighted by Gasteiger charge is -2.36. The zero-order valence-electron chi connectivity index (χ0n) is 10.2. The van der Waals surface area contributed by atoms with E-state index in [1.807, 2.05) is 12.1 Å². The molecule has 0 spiro atoms. The molecule has 1 aromatic carbocycles. The van der Waals surface area contributed by atoms with Gasteiger partial charge in [0.1, 0.15) is 5.69 Å². The maximum Gasteiger partial charge on any atom is 0.141 e. The predicted octanol–water partition coefficient (Wildman–Crippen LogP) is 1.42. The van der Waals surface area contributed by atoms with Crippen LogP contribution in [0.2, 0.25) is 0 Å². The number of benzene rings is 1. The van der Waals surface area contributed by atoms with Crippen molar-refractivity contribution in [1.29, 1.82) is 0 Å². The number of carbonyl (C=O) groups is 1. The fraction of sp³-hybridized carbons (Fsp3) is 0.462. The third-order valence-electron chi connectivity index (χ3n) is 3.45. The minimum absolute atomic E-state index is 0.313. The zero-order valence-corrected chi connectivity index (χ0v) is 10.2. The Hall–Kier alpha value is -1.35. The Labute approximate surface area is 96.9 Å². The molecular formula is C13H19NO2. The molecule has 0 heterocycles. The first kappa shape index (κ1) is 12.7. The van der Waals surface area contributed by atoms with Crippen LogP contribution in [0.25, 0.3) is 0 Å². The van der Waals surface area contributed by atoms with Crippen LogP contribution in [0.5, 0.6) is 0 Å². The van der Waals surface area contributed by atoms with Crippen LogP contribution < -0.4 is 9.59 Å². The topological polar surface area (TPSA) is 40.1 Å². The second-order valence-corrected chi connectivity index (χ2v) is 3.90. The van der Waals surface area contributed by atoms with Gasteiger partial charge < -0.3 is 9.90 Å². The smallest absolute Gasteiger partial charge is 0.141 e. The third kappa shape index (κ3) is 2.09. The molecule has 0 saturated heterocycles. The van der Waals surface area contributed by atoms with Gasteiger partial charge in [-0.3, -0.25) is 4.48 Å². The molecule has 0 aliphatic carbocycles. The first-order valence-electron chi connectivity index (χ1n) is 5.78. The molecule has 88 valence electrons. The van der Waals surface area contributed by atoms with E-state index in [0.29, 0.717) is 10.0 Å². The highest BCUT2D eigenvalue weighted by atomic mass is 16.4. The molecule has 0 aromatic heterocycles. The van der Waals surface area contributed by atoms with E-state index in [-0.39, 0.29) is 0 Å². The van der Waals surface area contributed by atoms with E-state index in [1.54, 1.807) is 12.1 Å². The van der Waals surface area contributed by atoms with Crippen LogP contribution in [0.4, 0.5) is 5.69 Å². The summed E-state index contributed by atoms with van der Waals surface area (Å²) in [7, 11) is 0. The van der Waals surface area contributed by atoms with Crippen molar-refractivity contribution in [3.63, 3.8) is 0 Å². The van der Waals surface area contributed by atoms with E-state index in [0.717, 1.165) is 25.3 Å². The third-order valence-corrected chi connectivity index (χ3v) is 3.45. The summed E-state index contributed by atoms with van der Waals surface area (Å²) in [4.78, 5) is 11.1. The van der Waals surface area contributed by atoms with Crippen molar-refractivity contribution in [1.82, 2.24) is 4.48 Å². The number of hydrogen-bond acceptors (Lipinski definition) is 2. The van der Waals surface area contributed by atoms with Crippen molar-refractivity contribution >= 4 is 11.7 Å². The van der Waals surface area contributed by atoms with Crippen LogP contribution in [-0.4, -0.2) is 25.6 Å². The summed E-state index contributed by atoms with van der Waals surface area (Å²) >= 11 is 0. The molecule has 0 amide bonds. The molecule has 0 aliphatic heterocycles. The minimum Gasteiger partial charge on any atom is -0.545 e. The average Bonchev–Trinajstić information content (AvgIpc) is 2.32. The van der Waals surface area contributed by atoms with Crippen LogP contribution in [0.15, 0.2) is 24.3 Å². The molecule has 3 heteroatoms. The molecule has 0 bridgehead atoms. The van der Waals surface area contributed by atoms with Gasteiger partial charge in [0, 0.05) is 0 Å². The van der Waals surface area contributed by atoms with Crippen LogP contribution in [0, 0.1) is 0 Å². The number of para-hydroxylation sites is 1. The van der Waals surface area contributed by atoms with E-state index < -0.39 is 5.97 Å². The molecule has 1 rings (SSSR count). The summed E-state index contributed by atoms with van der Waals surface area (Å²) in [5.41, 5.74) is 1.17. The molecule has 3 nitrogen and oxygen atoms in total. The number of nitrogens with zero attached hydrogens (tertiary/aromatic N) is 1. The Kier molecular flexibility index (Phi) is 4.07. The SMILES string of the molecule is CC[N+](CC)(CC)c1ccccc1C(=O)[O-]. The number of aromatic carboxylic acids is 1. The van der Waals surface area contributed by atoms with Gasteiger partial charge in [-0.25, -0.2) is 0 Å². The highest BCUT2D eigenvalue weighted by Crippen LogP contribution is 2.26. The van der Waals surface area contributed by atoms with E-state index in [2.05, 4.69) is 20.8 Å². The normalized spacial score (nSPS) is 11.4. The Bertz CT molecular complexity index is 362. The Morgan fingerprint density at radius 1 is 1.12 bits per heavy atom. The summed E-state index contributed by atoms with van der Waals surface area (Å²) in [6, 6.07) is 7.14. The lowest BCUT2D eigenvalue weighted by atomic mass is 10.1. The van der Waals surface area contributed by atoms with Gasteiger partial charge in [0.05, 0.1) is 31.2 Å². The van der Waals surface area contributed by atoms with Crippen LogP contribution in [0.3, 0.4) is 0 Å². The van der Waals surface area contributed by atoms with Gasteiger partial charge in [0.15, 0.2) is 0 Å².